The van der Waals surface area contributed by atoms with E-state index in [1.54, 1.807) is 41.0 Å². The summed E-state index contributed by atoms with van der Waals surface area (Å²) in [6, 6.07) is 12.5. The number of aromatic nitrogens is 4. The van der Waals surface area contributed by atoms with E-state index < -0.39 is 11.2 Å². The van der Waals surface area contributed by atoms with E-state index in [-0.39, 0.29) is 41.1 Å². The van der Waals surface area contributed by atoms with Crippen LogP contribution in [-0.4, -0.2) is 36.3 Å². The number of amides is 2. The molecule has 4 aromatic rings. The first-order valence-corrected chi connectivity index (χ1v) is 11.8. The molecule has 0 atom stereocenters. The van der Waals surface area contributed by atoms with Crippen LogP contribution < -0.4 is 21.9 Å². The number of thioether (sulfide) groups is 1. The third kappa shape index (κ3) is 5.23. The highest BCUT2D eigenvalue weighted by atomic mass is 32.2. The monoisotopic (exact) mass is 510 g/mol. The standard InChI is InChI=1S/C24H23FN6O4S/c1-14(32)26-17-8-10-18(11-9-17)27-19(33)13-36-23-28-21-20(22(34)30(3)24(35)29(21)2)31(23)12-15-4-6-16(25)7-5-15/h4-11H,12-13H2,1-3H3,(H,26,32)(H,27,33). The number of aryl methyl sites for hydroxylation is 1. The molecule has 4 rings (SSSR count). The summed E-state index contributed by atoms with van der Waals surface area (Å²) in [6.07, 6.45) is 0. The molecular formula is C24H23FN6O4S. The van der Waals surface area contributed by atoms with E-state index in [4.69, 9.17) is 0 Å². The van der Waals surface area contributed by atoms with E-state index >= 15 is 0 Å². The lowest BCUT2D eigenvalue weighted by molar-refractivity contribution is -0.114. The first-order chi connectivity index (χ1) is 17.1. The fourth-order valence-electron chi connectivity index (χ4n) is 3.62. The van der Waals surface area contributed by atoms with Crippen molar-refractivity contribution >= 4 is 46.1 Å². The lowest BCUT2D eigenvalue weighted by Crippen LogP contribution is -2.37. The maximum Gasteiger partial charge on any atom is 0.332 e. The van der Waals surface area contributed by atoms with Gasteiger partial charge in [-0.05, 0) is 42.0 Å². The summed E-state index contributed by atoms with van der Waals surface area (Å²) in [7, 11) is 2.90. The van der Waals surface area contributed by atoms with Gasteiger partial charge in [-0.25, -0.2) is 14.2 Å². The van der Waals surface area contributed by atoms with E-state index in [2.05, 4.69) is 15.6 Å². The van der Waals surface area contributed by atoms with E-state index in [1.807, 2.05) is 0 Å². The van der Waals surface area contributed by atoms with Crippen LogP contribution in [0.3, 0.4) is 0 Å². The van der Waals surface area contributed by atoms with Crippen LogP contribution in [0.2, 0.25) is 0 Å². The normalized spacial score (nSPS) is 11.0. The zero-order valence-corrected chi connectivity index (χ0v) is 20.6. The molecule has 2 N–H and O–H groups in total. The Morgan fingerprint density at radius 2 is 1.56 bits per heavy atom. The average Bonchev–Trinajstić information content (AvgIpc) is 3.20. The summed E-state index contributed by atoms with van der Waals surface area (Å²) in [5.74, 6) is -0.911. The Morgan fingerprint density at radius 3 is 2.17 bits per heavy atom. The van der Waals surface area contributed by atoms with Crippen LogP contribution in [0.15, 0.2) is 63.3 Å². The van der Waals surface area contributed by atoms with Crippen molar-refractivity contribution in [3.05, 3.63) is 80.7 Å². The van der Waals surface area contributed by atoms with Crippen molar-refractivity contribution in [2.24, 2.45) is 14.1 Å². The second-order valence-corrected chi connectivity index (χ2v) is 9.02. The maximum atomic E-state index is 13.4. The highest BCUT2D eigenvalue weighted by Crippen LogP contribution is 2.24. The number of hydrogen-bond donors (Lipinski definition) is 2. The van der Waals surface area contributed by atoms with Crippen molar-refractivity contribution in [3.63, 3.8) is 0 Å². The molecule has 0 bridgehead atoms. The zero-order chi connectivity index (χ0) is 26.0. The lowest BCUT2D eigenvalue weighted by atomic mass is 10.2. The summed E-state index contributed by atoms with van der Waals surface area (Å²) in [6.45, 7) is 1.60. The van der Waals surface area contributed by atoms with Crippen LogP contribution in [0.1, 0.15) is 12.5 Å². The van der Waals surface area contributed by atoms with Gasteiger partial charge in [-0.2, -0.15) is 0 Å². The highest BCUT2D eigenvalue weighted by molar-refractivity contribution is 7.99. The topological polar surface area (TPSA) is 120 Å². The highest BCUT2D eigenvalue weighted by Gasteiger charge is 2.20. The molecule has 12 heteroatoms. The number of nitrogens with zero attached hydrogens (tertiary/aromatic N) is 4. The zero-order valence-electron chi connectivity index (χ0n) is 19.7. The van der Waals surface area contributed by atoms with Crippen molar-refractivity contribution < 1.29 is 14.0 Å². The average molecular weight is 511 g/mol. The second-order valence-electron chi connectivity index (χ2n) is 8.08. The Kier molecular flexibility index (Phi) is 7.06. The molecule has 186 valence electrons. The van der Waals surface area contributed by atoms with E-state index in [9.17, 15) is 23.6 Å². The Morgan fingerprint density at radius 1 is 0.944 bits per heavy atom. The molecule has 0 radical (unpaired) electrons. The predicted molar refractivity (Wildman–Crippen MR) is 136 cm³/mol. The fourth-order valence-corrected chi connectivity index (χ4v) is 4.42. The van der Waals surface area contributed by atoms with Crippen LogP contribution in [-0.2, 0) is 30.2 Å². The number of carbonyl (C=O) groups excluding carboxylic acids is 2. The molecule has 0 spiro atoms. The molecular weight excluding hydrogens is 487 g/mol. The molecule has 0 aliphatic carbocycles. The van der Waals surface area contributed by atoms with E-state index in [0.29, 0.717) is 16.5 Å². The molecule has 0 fully saturated rings. The minimum absolute atomic E-state index is 0.0194. The second kappa shape index (κ2) is 10.2. The molecule has 2 heterocycles. The number of carbonyl (C=O) groups is 2. The first-order valence-electron chi connectivity index (χ1n) is 10.8. The number of anilines is 2. The Balaban J connectivity index is 1.61. The molecule has 0 saturated heterocycles. The van der Waals surface area contributed by atoms with Gasteiger partial charge in [0.05, 0.1) is 12.3 Å². The van der Waals surface area contributed by atoms with Gasteiger partial charge < -0.3 is 15.2 Å². The van der Waals surface area contributed by atoms with Gasteiger partial charge in [0.2, 0.25) is 11.8 Å². The third-order valence-corrected chi connectivity index (χ3v) is 6.36. The van der Waals surface area contributed by atoms with Gasteiger partial charge in [-0.3, -0.25) is 23.5 Å². The van der Waals surface area contributed by atoms with Crippen LogP contribution in [0.5, 0.6) is 0 Å². The van der Waals surface area contributed by atoms with Gasteiger partial charge in [0.25, 0.3) is 5.56 Å². The Bertz CT molecular complexity index is 1570. The number of imidazole rings is 1. The van der Waals surface area contributed by atoms with E-state index in [0.717, 1.165) is 21.9 Å². The minimum atomic E-state index is -0.518. The summed E-state index contributed by atoms with van der Waals surface area (Å²) in [5.41, 5.74) is 1.25. The molecule has 0 aliphatic rings. The summed E-state index contributed by atoms with van der Waals surface area (Å²) in [5, 5.41) is 5.79. The van der Waals surface area contributed by atoms with Gasteiger partial charge in [0.15, 0.2) is 16.3 Å². The molecule has 0 unspecified atom stereocenters. The minimum Gasteiger partial charge on any atom is -0.326 e. The first kappa shape index (κ1) is 24.9. The Labute approximate surface area is 208 Å². The van der Waals surface area contributed by atoms with Crippen molar-refractivity contribution in [1.82, 2.24) is 18.7 Å². The fraction of sp³-hybridized carbons (Fsp3) is 0.208. The number of benzene rings is 2. The summed E-state index contributed by atoms with van der Waals surface area (Å²) < 4.78 is 17.3. The number of hydrogen-bond acceptors (Lipinski definition) is 6. The van der Waals surface area contributed by atoms with Gasteiger partial charge in [-0.15, -0.1) is 0 Å². The predicted octanol–water partition coefficient (Wildman–Crippen LogP) is 2.31. The molecule has 2 aromatic heterocycles. The quantitative estimate of drug-likeness (QED) is 0.368. The van der Waals surface area contributed by atoms with Crippen LogP contribution in [0.4, 0.5) is 15.8 Å². The number of rotatable bonds is 7. The van der Waals surface area contributed by atoms with Gasteiger partial charge in [-0.1, -0.05) is 23.9 Å². The smallest absolute Gasteiger partial charge is 0.326 e. The number of halogens is 1. The van der Waals surface area contributed by atoms with Crippen molar-refractivity contribution in [1.29, 1.82) is 0 Å². The van der Waals surface area contributed by atoms with Crippen molar-refractivity contribution in [2.45, 2.75) is 18.6 Å². The number of fused-ring (bicyclic) bond motifs is 1. The molecule has 0 saturated carbocycles. The number of nitrogens with one attached hydrogen (secondary N) is 2. The lowest BCUT2D eigenvalue weighted by Gasteiger charge is -2.10. The third-order valence-electron chi connectivity index (χ3n) is 5.39. The molecule has 2 aromatic carbocycles. The summed E-state index contributed by atoms with van der Waals surface area (Å²) in [4.78, 5) is 53.6. The largest absolute Gasteiger partial charge is 0.332 e. The Hall–Kier alpha value is -4.19. The van der Waals surface area contributed by atoms with Crippen LogP contribution in [0, 0.1) is 5.82 Å². The van der Waals surface area contributed by atoms with Crippen molar-refractivity contribution in [3.8, 4) is 0 Å². The van der Waals surface area contributed by atoms with Crippen LogP contribution in [0.25, 0.3) is 11.2 Å². The maximum absolute atomic E-state index is 13.4. The molecule has 36 heavy (non-hydrogen) atoms. The van der Waals surface area contributed by atoms with Gasteiger partial charge >= 0.3 is 5.69 Å². The van der Waals surface area contributed by atoms with Gasteiger partial charge in [0, 0.05) is 32.4 Å². The van der Waals surface area contributed by atoms with E-state index in [1.165, 1.54) is 37.7 Å². The summed E-state index contributed by atoms with van der Waals surface area (Å²) >= 11 is 1.11. The van der Waals surface area contributed by atoms with Crippen LogP contribution >= 0.6 is 11.8 Å². The molecule has 0 aliphatic heterocycles. The van der Waals surface area contributed by atoms with Crippen molar-refractivity contribution in [2.75, 3.05) is 16.4 Å². The van der Waals surface area contributed by atoms with Gasteiger partial charge in [0.1, 0.15) is 5.82 Å². The molecule has 2 amide bonds. The molecule has 10 nitrogen and oxygen atoms in total. The SMILES string of the molecule is CC(=O)Nc1ccc(NC(=O)CSc2nc3c(c(=O)n(C)c(=O)n3C)n2Cc2ccc(F)cc2)cc1.